The molecule has 1 aromatic rings. The van der Waals surface area contributed by atoms with E-state index in [9.17, 15) is 18.0 Å². The van der Waals surface area contributed by atoms with E-state index in [2.05, 4.69) is 15.5 Å². The molecule has 4 nitrogen and oxygen atoms in total. The molecule has 0 bridgehead atoms. The fourth-order valence-electron chi connectivity index (χ4n) is 2.52. The van der Waals surface area contributed by atoms with Crippen LogP contribution in [0.15, 0.2) is 24.3 Å². The van der Waals surface area contributed by atoms with E-state index in [0.29, 0.717) is 12.1 Å². The molecule has 1 aliphatic heterocycles. The molecule has 1 saturated heterocycles. The van der Waals surface area contributed by atoms with Crippen LogP contribution in [0, 0.1) is 0 Å². The normalized spacial score (nSPS) is 16.3. The van der Waals surface area contributed by atoms with Gasteiger partial charge in [0.1, 0.15) is 0 Å². The zero-order valence-electron chi connectivity index (χ0n) is 13.0. The van der Waals surface area contributed by atoms with Crippen LogP contribution >= 0.6 is 0 Å². The van der Waals surface area contributed by atoms with E-state index >= 15 is 0 Å². The van der Waals surface area contributed by atoms with Gasteiger partial charge in [-0.25, -0.2) is 0 Å². The Balaban J connectivity index is 1.66. The lowest BCUT2D eigenvalue weighted by atomic mass is 10.1. The summed E-state index contributed by atoms with van der Waals surface area (Å²) in [5, 5.41) is 6.09. The number of nitrogens with zero attached hydrogens (tertiary/aromatic N) is 1. The van der Waals surface area contributed by atoms with Gasteiger partial charge in [0.05, 0.1) is 12.0 Å². The minimum absolute atomic E-state index is 0.103. The summed E-state index contributed by atoms with van der Waals surface area (Å²) >= 11 is 0. The van der Waals surface area contributed by atoms with E-state index < -0.39 is 11.7 Å². The van der Waals surface area contributed by atoms with Crippen molar-refractivity contribution in [2.75, 3.05) is 39.3 Å². The molecule has 0 unspecified atom stereocenters. The Bertz CT molecular complexity index is 496. The molecule has 0 radical (unpaired) electrons. The van der Waals surface area contributed by atoms with Gasteiger partial charge in [0.25, 0.3) is 0 Å². The number of halogens is 3. The number of nitrogens with one attached hydrogen (secondary N) is 2. The van der Waals surface area contributed by atoms with E-state index in [1.54, 1.807) is 0 Å². The quantitative estimate of drug-likeness (QED) is 0.780. The van der Waals surface area contributed by atoms with Gasteiger partial charge in [0.2, 0.25) is 5.91 Å². The molecule has 23 heavy (non-hydrogen) atoms. The van der Waals surface area contributed by atoms with E-state index in [4.69, 9.17) is 0 Å². The molecule has 0 atom stereocenters. The van der Waals surface area contributed by atoms with Crippen LogP contribution in [-0.2, 0) is 17.4 Å². The molecular weight excluding hydrogens is 307 g/mol. The monoisotopic (exact) mass is 329 g/mol. The lowest BCUT2D eigenvalue weighted by Crippen LogP contribution is -2.44. The fraction of sp³-hybridized carbons (Fsp3) is 0.562. The third-order valence-corrected chi connectivity index (χ3v) is 3.83. The Morgan fingerprint density at radius 2 is 1.83 bits per heavy atom. The summed E-state index contributed by atoms with van der Waals surface area (Å²) < 4.78 is 37.4. The first-order valence-electron chi connectivity index (χ1n) is 7.81. The van der Waals surface area contributed by atoms with Gasteiger partial charge in [-0.15, -0.1) is 0 Å². The molecule has 1 aliphatic rings. The minimum Gasteiger partial charge on any atom is -0.356 e. The van der Waals surface area contributed by atoms with Crippen LogP contribution < -0.4 is 10.6 Å². The predicted octanol–water partition coefficient (Wildman–Crippen LogP) is 1.66. The maximum Gasteiger partial charge on any atom is 0.416 e. The molecule has 0 saturated carbocycles. The van der Waals surface area contributed by atoms with Crippen LogP contribution in [0.25, 0.3) is 0 Å². The number of carbonyl (C=O) groups excluding carboxylic acids is 1. The Kier molecular flexibility index (Phi) is 6.41. The number of benzene rings is 1. The summed E-state index contributed by atoms with van der Waals surface area (Å²) in [7, 11) is 0. The molecule has 2 rings (SSSR count). The highest BCUT2D eigenvalue weighted by Crippen LogP contribution is 2.29. The van der Waals surface area contributed by atoms with Crippen LogP contribution in [-0.4, -0.2) is 50.1 Å². The lowest BCUT2D eigenvalue weighted by Gasteiger charge is -2.27. The van der Waals surface area contributed by atoms with Crippen LogP contribution in [0.2, 0.25) is 0 Å². The van der Waals surface area contributed by atoms with E-state index in [1.165, 1.54) is 12.1 Å². The molecule has 2 N–H and O–H groups in total. The summed E-state index contributed by atoms with van der Waals surface area (Å²) in [6, 6.07) is 4.71. The highest BCUT2D eigenvalue weighted by molar-refractivity contribution is 5.78. The second-order valence-electron chi connectivity index (χ2n) is 5.67. The molecule has 0 aromatic heterocycles. The molecule has 1 fully saturated rings. The topological polar surface area (TPSA) is 44.4 Å². The van der Waals surface area contributed by atoms with Gasteiger partial charge in [-0.2, -0.15) is 13.2 Å². The van der Waals surface area contributed by atoms with Gasteiger partial charge in [-0.05, 0) is 30.7 Å². The first-order chi connectivity index (χ1) is 10.9. The van der Waals surface area contributed by atoms with Gasteiger partial charge in [-0.3, -0.25) is 4.79 Å². The highest BCUT2D eigenvalue weighted by Gasteiger charge is 2.29. The number of alkyl halides is 3. The molecule has 1 amide bonds. The van der Waals surface area contributed by atoms with Gasteiger partial charge in [0.15, 0.2) is 0 Å². The molecule has 7 heteroatoms. The molecule has 128 valence electrons. The van der Waals surface area contributed by atoms with Gasteiger partial charge >= 0.3 is 6.18 Å². The fourth-order valence-corrected chi connectivity index (χ4v) is 2.52. The Hall–Kier alpha value is -1.60. The van der Waals surface area contributed by atoms with Crippen molar-refractivity contribution in [1.29, 1.82) is 0 Å². The second-order valence-corrected chi connectivity index (χ2v) is 5.67. The van der Waals surface area contributed by atoms with Crippen molar-refractivity contribution in [2.24, 2.45) is 0 Å². The minimum atomic E-state index is -4.34. The first-order valence-corrected chi connectivity index (χ1v) is 7.81. The summed E-state index contributed by atoms with van der Waals surface area (Å²) in [4.78, 5) is 14.1. The van der Waals surface area contributed by atoms with Crippen molar-refractivity contribution in [3.8, 4) is 0 Å². The largest absolute Gasteiger partial charge is 0.416 e. The predicted molar refractivity (Wildman–Crippen MR) is 82.1 cm³/mol. The third kappa shape index (κ3) is 6.19. The SMILES string of the molecule is O=C(Cc1ccc(C(F)(F)F)cc1)NCCCN1CCNCC1. The second kappa shape index (κ2) is 8.31. The maximum atomic E-state index is 12.5. The van der Waals surface area contributed by atoms with Crippen molar-refractivity contribution < 1.29 is 18.0 Å². The van der Waals surface area contributed by atoms with Crippen LogP contribution in [0.1, 0.15) is 17.5 Å². The van der Waals surface area contributed by atoms with Gasteiger partial charge in [0, 0.05) is 32.7 Å². The van der Waals surface area contributed by atoms with Crippen molar-refractivity contribution in [1.82, 2.24) is 15.5 Å². The van der Waals surface area contributed by atoms with Crippen LogP contribution in [0.4, 0.5) is 13.2 Å². The number of amides is 1. The van der Waals surface area contributed by atoms with Gasteiger partial charge in [-0.1, -0.05) is 12.1 Å². The molecule has 0 spiro atoms. The zero-order valence-corrected chi connectivity index (χ0v) is 13.0. The zero-order chi connectivity index (χ0) is 16.7. The van der Waals surface area contributed by atoms with Crippen molar-refractivity contribution in [2.45, 2.75) is 19.0 Å². The van der Waals surface area contributed by atoms with Gasteiger partial charge < -0.3 is 15.5 Å². The highest BCUT2D eigenvalue weighted by atomic mass is 19.4. The van der Waals surface area contributed by atoms with Crippen molar-refractivity contribution in [3.63, 3.8) is 0 Å². The van der Waals surface area contributed by atoms with E-state index in [-0.39, 0.29) is 12.3 Å². The number of piperazine rings is 1. The number of hydrogen-bond acceptors (Lipinski definition) is 3. The summed E-state index contributed by atoms with van der Waals surface area (Å²) in [5.41, 5.74) is -0.115. The van der Waals surface area contributed by atoms with Crippen molar-refractivity contribution >= 4 is 5.91 Å². The third-order valence-electron chi connectivity index (χ3n) is 3.83. The first kappa shape index (κ1) is 17.7. The molecule has 0 aliphatic carbocycles. The number of rotatable bonds is 6. The van der Waals surface area contributed by atoms with Crippen LogP contribution in [0.3, 0.4) is 0 Å². The standard InChI is InChI=1S/C16H22F3N3O/c17-16(18,19)14-4-2-13(3-5-14)12-15(23)21-6-1-9-22-10-7-20-8-11-22/h2-5,20H,1,6-12H2,(H,21,23). The average molecular weight is 329 g/mol. The number of hydrogen-bond donors (Lipinski definition) is 2. The Morgan fingerprint density at radius 1 is 1.17 bits per heavy atom. The average Bonchev–Trinajstić information content (AvgIpc) is 2.52. The number of carbonyl (C=O) groups is 1. The lowest BCUT2D eigenvalue weighted by molar-refractivity contribution is -0.137. The van der Waals surface area contributed by atoms with Crippen molar-refractivity contribution in [3.05, 3.63) is 35.4 Å². The molecular formula is C16H22F3N3O. The Morgan fingerprint density at radius 3 is 2.43 bits per heavy atom. The summed E-state index contributed by atoms with van der Waals surface area (Å²) in [6.07, 6.45) is -3.37. The smallest absolute Gasteiger partial charge is 0.356 e. The molecule has 1 heterocycles. The summed E-state index contributed by atoms with van der Waals surface area (Å²) in [6.45, 7) is 5.59. The molecule has 1 aromatic carbocycles. The summed E-state index contributed by atoms with van der Waals surface area (Å²) in [5.74, 6) is -0.162. The van der Waals surface area contributed by atoms with Crippen LogP contribution in [0.5, 0.6) is 0 Å². The van der Waals surface area contributed by atoms with E-state index in [1.807, 2.05) is 0 Å². The van der Waals surface area contributed by atoms with E-state index in [0.717, 1.165) is 51.3 Å². The maximum absolute atomic E-state index is 12.5. The Labute approximate surface area is 134 Å².